The van der Waals surface area contributed by atoms with E-state index in [0.717, 1.165) is 19.3 Å². The van der Waals surface area contributed by atoms with Gasteiger partial charge in [-0.1, -0.05) is 0 Å². The van der Waals surface area contributed by atoms with E-state index in [2.05, 4.69) is 17.0 Å². The average molecular weight is 410 g/mol. The molecule has 0 spiro atoms. The van der Waals surface area contributed by atoms with Gasteiger partial charge in [0.05, 0.1) is 24.0 Å². The number of hydrogen-bond donors (Lipinski definition) is 0. The van der Waals surface area contributed by atoms with Crippen molar-refractivity contribution in [2.75, 3.05) is 31.1 Å². The monoisotopic (exact) mass is 410 g/mol. The van der Waals surface area contributed by atoms with Gasteiger partial charge in [0.1, 0.15) is 18.2 Å². The molecule has 156 valence electrons. The number of anilines is 1. The number of carbonyl (C=O) groups is 2. The Kier molecular flexibility index (Phi) is 4.52. The zero-order valence-electron chi connectivity index (χ0n) is 16.8. The molecule has 2 aromatic rings. The van der Waals surface area contributed by atoms with E-state index in [4.69, 9.17) is 0 Å². The van der Waals surface area contributed by atoms with E-state index >= 15 is 0 Å². The highest BCUT2D eigenvalue weighted by molar-refractivity contribution is 6.20. The van der Waals surface area contributed by atoms with Gasteiger partial charge in [0.2, 0.25) is 5.91 Å². The maximum atomic E-state index is 13.4. The molecule has 0 aliphatic carbocycles. The number of rotatable bonds is 3. The molecule has 1 fully saturated rings. The minimum atomic E-state index is -0.353. The lowest BCUT2D eigenvalue weighted by Gasteiger charge is -2.37. The zero-order chi connectivity index (χ0) is 20.8. The Morgan fingerprint density at radius 2 is 2.00 bits per heavy atom. The van der Waals surface area contributed by atoms with Crippen LogP contribution in [0, 0.1) is 5.82 Å². The summed E-state index contributed by atoms with van der Waals surface area (Å²) in [6.07, 6.45) is 4.72. The molecule has 3 aliphatic heterocycles. The molecule has 4 heterocycles. The fraction of sp³-hybridized carbons (Fsp3) is 0.429. The first-order valence-corrected chi connectivity index (χ1v) is 10.3. The van der Waals surface area contributed by atoms with Gasteiger partial charge in [-0.3, -0.25) is 19.6 Å². The fourth-order valence-electron chi connectivity index (χ4n) is 4.47. The lowest BCUT2D eigenvalue weighted by molar-refractivity contribution is -0.132. The van der Waals surface area contributed by atoms with Crippen molar-refractivity contribution in [3.63, 3.8) is 0 Å². The number of benzene rings is 1. The minimum absolute atomic E-state index is 0.0627. The van der Waals surface area contributed by atoms with E-state index in [1.807, 2.05) is 4.90 Å². The predicted octanol–water partition coefficient (Wildman–Crippen LogP) is 2.41. The van der Waals surface area contributed by atoms with E-state index in [9.17, 15) is 14.0 Å². The van der Waals surface area contributed by atoms with Crippen molar-refractivity contribution in [1.82, 2.24) is 19.6 Å². The minimum Gasteiger partial charge on any atom is -0.338 e. The molecule has 1 atom stereocenters. The van der Waals surface area contributed by atoms with E-state index < -0.39 is 0 Å². The molecule has 8 nitrogen and oxygen atoms in total. The lowest BCUT2D eigenvalue weighted by atomic mass is 10.0. The highest BCUT2D eigenvalue weighted by Crippen LogP contribution is 2.33. The van der Waals surface area contributed by atoms with Crippen LogP contribution in [0.5, 0.6) is 0 Å². The van der Waals surface area contributed by atoms with Crippen LogP contribution in [-0.2, 0) is 4.79 Å². The second-order valence-corrected chi connectivity index (χ2v) is 7.93. The third-order valence-electron chi connectivity index (χ3n) is 6.03. The molecule has 3 aliphatic rings. The van der Waals surface area contributed by atoms with Gasteiger partial charge in [0.25, 0.3) is 0 Å². The van der Waals surface area contributed by atoms with Crippen LogP contribution in [0.4, 0.5) is 15.0 Å². The molecule has 5 rings (SSSR count). The predicted molar refractivity (Wildman–Crippen MR) is 109 cm³/mol. The molecule has 0 bridgehead atoms. The molecular weight excluding hydrogens is 387 g/mol. The molecule has 0 saturated carbocycles. The topological polar surface area (TPSA) is 74.0 Å². The average Bonchev–Trinajstić information content (AvgIpc) is 3.39. The highest BCUT2D eigenvalue weighted by Gasteiger charge is 2.42. The summed E-state index contributed by atoms with van der Waals surface area (Å²) in [4.78, 5) is 35.9. The molecule has 3 amide bonds. The Morgan fingerprint density at radius 1 is 1.20 bits per heavy atom. The Morgan fingerprint density at radius 3 is 2.77 bits per heavy atom. The number of hydrogen-bond acceptors (Lipinski definition) is 4. The van der Waals surface area contributed by atoms with E-state index in [1.54, 1.807) is 27.9 Å². The SMILES string of the molecule is CC1CCCCN1C(=O)CN1C(=O)N2CCN=C2c2cnn(-c3ccc(F)cc3)c21. The van der Waals surface area contributed by atoms with Crippen LogP contribution in [0.1, 0.15) is 31.7 Å². The van der Waals surface area contributed by atoms with Gasteiger partial charge in [0, 0.05) is 19.1 Å². The van der Waals surface area contributed by atoms with E-state index in [0.29, 0.717) is 42.5 Å². The normalized spacial score (nSPS) is 20.9. The summed E-state index contributed by atoms with van der Waals surface area (Å²) in [7, 11) is 0. The van der Waals surface area contributed by atoms with Gasteiger partial charge in [-0.05, 0) is 50.5 Å². The molecule has 0 radical (unpaired) electrons. The van der Waals surface area contributed by atoms with Crippen molar-refractivity contribution < 1.29 is 14.0 Å². The number of nitrogens with zero attached hydrogens (tertiary/aromatic N) is 6. The molecule has 30 heavy (non-hydrogen) atoms. The Balaban J connectivity index is 1.55. The van der Waals surface area contributed by atoms with E-state index in [1.165, 1.54) is 17.0 Å². The van der Waals surface area contributed by atoms with Crippen LogP contribution < -0.4 is 4.90 Å². The van der Waals surface area contributed by atoms with Crippen molar-refractivity contribution in [2.45, 2.75) is 32.2 Å². The number of fused-ring (bicyclic) bond motifs is 3. The molecule has 1 aromatic carbocycles. The van der Waals surface area contributed by atoms with Gasteiger partial charge < -0.3 is 4.90 Å². The van der Waals surface area contributed by atoms with Crippen LogP contribution in [0.2, 0.25) is 0 Å². The fourth-order valence-corrected chi connectivity index (χ4v) is 4.47. The highest BCUT2D eigenvalue weighted by atomic mass is 19.1. The molecule has 9 heteroatoms. The number of amides is 3. The Bertz CT molecular complexity index is 1030. The van der Waals surface area contributed by atoms with Crippen molar-refractivity contribution in [3.8, 4) is 5.69 Å². The number of aromatic nitrogens is 2. The van der Waals surface area contributed by atoms with Crippen molar-refractivity contribution in [1.29, 1.82) is 0 Å². The third kappa shape index (κ3) is 2.96. The first-order chi connectivity index (χ1) is 14.5. The Hall–Kier alpha value is -3.23. The first-order valence-electron chi connectivity index (χ1n) is 10.3. The summed E-state index contributed by atoms with van der Waals surface area (Å²) in [5, 5.41) is 4.45. The third-order valence-corrected chi connectivity index (χ3v) is 6.03. The molecular formula is C21H23FN6O2. The summed E-state index contributed by atoms with van der Waals surface area (Å²) in [6, 6.07) is 5.78. The van der Waals surface area contributed by atoms with Crippen molar-refractivity contribution in [2.24, 2.45) is 4.99 Å². The second-order valence-electron chi connectivity index (χ2n) is 7.93. The van der Waals surface area contributed by atoms with Crippen molar-refractivity contribution >= 4 is 23.6 Å². The van der Waals surface area contributed by atoms with Crippen LogP contribution in [0.15, 0.2) is 35.5 Å². The van der Waals surface area contributed by atoms with Crippen LogP contribution in [0.25, 0.3) is 5.69 Å². The maximum absolute atomic E-state index is 13.4. The second kappa shape index (κ2) is 7.23. The maximum Gasteiger partial charge on any atom is 0.331 e. The summed E-state index contributed by atoms with van der Waals surface area (Å²) in [5.41, 5.74) is 1.32. The zero-order valence-corrected chi connectivity index (χ0v) is 16.8. The largest absolute Gasteiger partial charge is 0.338 e. The summed E-state index contributed by atoms with van der Waals surface area (Å²) < 4.78 is 15.0. The number of amidine groups is 1. The summed E-state index contributed by atoms with van der Waals surface area (Å²) in [5.74, 6) is 0.654. The standard InChI is InChI=1S/C21H23FN6O2/c1-14-4-2-3-10-25(14)18(29)13-27-20-17(19-23-9-11-26(19)21(27)30)12-24-28(20)16-7-5-15(22)6-8-16/h5-8,12,14H,2-4,9-11,13H2,1H3. The number of aliphatic imine (C=N–C) groups is 1. The smallest absolute Gasteiger partial charge is 0.331 e. The van der Waals surface area contributed by atoms with Crippen LogP contribution in [-0.4, -0.2) is 69.6 Å². The molecule has 1 aromatic heterocycles. The molecule has 0 N–H and O–H groups in total. The summed E-state index contributed by atoms with van der Waals surface area (Å²) in [6.45, 7) is 3.71. The number of urea groups is 1. The summed E-state index contributed by atoms with van der Waals surface area (Å²) >= 11 is 0. The van der Waals surface area contributed by atoms with Gasteiger partial charge in [-0.15, -0.1) is 0 Å². The lowest BCUT2D eigenvalue weighted by Crippen LogP contribution is -2.55. The van der Waals surface area contributed by atoms with E-state index in [-0.39, 0.29) is 30.3 Å². The van der Waals surface area contributed by atoms with Gasteiger partial charge in [-0.2, -0.15) is 5.10 Å². The van der Waals surface area contributed by atoms with Gasteiger partial charge >= 0.3 is 6.03 Å². The van der Waals surface area contributed by atoms with Crippen molar-refractivity contribution in [3.05, 3.63) is 41.8 Å². The number of piperidine rings is 1. The van der Waals surface area contributed by atoms with Gasteiger partial charge in [-0.25, -0.2) is 13.9 Å². The Labute approximate surface area is 173 Å². The number of likely N-dealkylation sites (tertiary alicyclic amines) is 1. The number of carbonyl (C=O) groups excluding carboxylic acids is 2. The number of halogens is 1. The molecule has 1 saturated heterocycles. The molecule has 1 unspecified atom stereocenters. The van der Waals surface area contributed by atoms with Gasteiger partial charge in [0.15, 0.2) is 5.82 Å². The first kappa shape index (κ1) is 18.8. The van der Waals surface area contributed by atoms with Crippen LogP contribution >= 0.6 is 0 Å². The quantitative estimate of drug-likeness (QED) is 0.780. The van der Waals surface area contributed by atoms with Crippen LogP contribution in [0.3, 0.4) is 0 Å².